The van der Waals surface area contributed by atoms with E-state index in [0.29, 0.717) is 32.3 Å². The largest absolute Gasteiger partial charge is 0.465 e. The Hall–Kier alpha value is -3.09. The number of aromatic nitrogens is 2. The third-order valence-corrected chi connectivity index (χ3v) is 6.01. The maximum absolute atomic E-state index is 13.3. The van der Waals surface area contributed by atoms with E-state index >= 15 is 0 Å². The van der Waals surface area contributed by atoms with Crippen molar-refractivity contribution >= 4 is 12.0 Å². The zero-order chi connectivity index (χ0) is 20.1. The number of halogens is 1. The molecule has 7 heteroatoms. The highest BCUT2D eigenvalue weighted by atomic mass is 19.1. The smallest absolute Gasteiger partial charge is 0.316 e. The molecule has 1 fully saturated rings. The van der Waals surface area contributed by atoms with Crippen LogP contribution >= 0.6 is 0 Å². The molecule has 0 bridgehead atoms. The fourth-order valence-electron chi connectivity index (χ4n) is 4.65. The second-order valence-corrected chi connectivity index (χ2v) is 7.69. The summed E-state index contributed by atoms with van der Waals surface area (Å²) in [7, 11) is 0. The molecule has 1 spiro atoms. The predicted octanol–water partition coefficient (Wildman–Crippen LogP) is 3.90. The number of carbonyl (C=O) groups is 1. The Balaban J connectivity index is 1.58. The van der Waals surface area contributed by atoms with Crippen LogP contribution in [0.1, 0.15) is 37.4 Å². The van der Waals surface area contributed by atoms with Crippen molar-refractivity contribution < 1.29 is 23.4 Å². The van der Waals surface area contributed by atoms with Crippen molar-refractivity contribution in [2.24, 2.45) is 5.41 Å². The van der Waals surface area contributed by atoms with E-state index in [1.54, 1.807) is 23.0 Å². The van der Waals surface area contributed by atoms with Crippen LogP contribution in [-0.2, 0) is 25.4 Å². The summed E-state index contributed by atoms with van der Waals surface area (Å²) in [5.74, 6) is -1.38. The Labute approximate surface area is 167 Å². The van der Waals surface area contributed by atoms with Crippen LogP contribution in [0.5, 0.6) is 0 Å². The van der Waals surface area contributed by atoms with Crippen LogP contribution in [0.15, 0.2) is 48.6 Å². The Bertz CT molecular complexity index is 1020. The highest BCUT2D eigenvalue weighted by molar-refractivity contribution is 5.85. The molecule has 0 saturated heterocycles. The van der Waals surface area contributed by atoms with Crippen LogP contribution in [0.25, 0.3) is 11.8 Å². The van der Waals surface area contributed by atoms with E-state index in [-0.39, 0.29) is 11.8 Å². The van der Waals surface area contributed by atoms with Crippen LogP contribution in [0.3, 0.4) is 0 Å². The van der Waals surface area contributed by atoms with Gasteiger partial charge >= 0.3 is 5.97 Å². The lowest BCUT2D eigenvalue weighted by Crippen LogP contribution is -2.50. The molecule has 0 amide bonds. The number of hydrogen-bond acceptors (Lipinski definition) is 5. The fourth-order valence-corrected chi connectivity index (χ4v) is 4.65. The van der Waals surface area contributed by atoms with E-state index in [4.69, 9.17) is 14.2 Å². The second-order valence-electron chi connectivity index (χ2n) is 7.69. The number of ether oxygens (including phenoxy) is 3. The van der Waals surface area contributed by atoms with E-state index in [1.165, 1.54) is 24.7 Å². The molecule has 5 rings (SSSR count). The molecule has 1 saturated carbocycles. The Morgan fingerprint density at radius 1 is 1.28 bits per heavy atom. The average Bonchev–Trinajstić information content (AvgIpc) is 3.34. The first-order chi connectivity index (χ1) is 14.1. The first kappa shape index (κ1) is 18.0. The molecule has 1 aliphatic heterocycles. The molecule has 1 aromatic carbocycles. The molecule has 1 aromatic heterocycles. The van der Waals surface area contributed by atoms with Gasteiger partial charge in [-0.25, -0.2) is 9.07 Å². The van der Waals surface area contributed by atoms with Crippen LogP contribution < -0.4 is 0 Å². The quantitative estimate of drug-likeness (QED) is 0.737. The van der Waals surface area contributed by atoms with E-state index in [1.807, 2.05) is 13.0 Å². The summed E-state index contributed by atoms with van der Waals surface area (Å²) in [6, 6.07) is 6.20. The molecular formula is C22H21FN2O4. The van der Waals surface area contributed by atoms with Gasteiger partial charge in [0.15, 0.2) is 0 Å². The van der Waals surface area contributed by atoms with Crippen molar-refractivity contribution in [1.82, 2.24) is 9.78 Å². The Morgan fingerprint density at radius 3 is 2.76 bits per heavy atom. The van der Waals surface area contributed by atoms with E-state index < -0.39 is 11.2 Å². The summed E-state index contributed by atoms with van der Waals surface area (Å²) >= 11 is 0. The number of rotatable bonds is 3. The maximum atomic E-state index is 13.3. The lowest BCUT2D eigenvalue weighted by molar-refractivity contribution is -0.192. The first-order valence-corrected chi connectivity index (χ1v) is 9.77. The normalized spacial score (nSPS) is 23.6. The third-order valence-electron chi connectivity index (χ3n) is 6.01. The van der Waals surface area contributed by atoms with Crippen LogP contribution in [-0.4, -0.2) is 28.1 Å². The van der Waals surface area contributed by atoms with Gasteiger partial charge in [-0.3, -0.25) is 4.79 Å². The molecule has 2 aliphatic carbocycles. The van der Waals surface area contributed by atoms with Gasteiger partial charge in [-0.1, -0.05) is 0 Å². The fraction of sp³-hybridized carbons (Fsp3) is 0.364. The van der Waals surface area contributed by atoms with Crippen LogP contribution in [0.2, 0.25) is 0 Å². The van der Waals surface area contributed by atoms with Crippen molar-refractivity contribution in [2.75, 3.05) is 6.61 Å². The predicted molar refractivity (Wildman–Crippen MR) is 102 cm³/mol. The number of fused-ring (bicyclic) bond motifs is 2. The van der Waals surface area contributed by atoms with Gasteiger partial charge in [-0.15, -0.1) is 0 Å². The summed E-state index contributed by atoms with van der Waals surface area (Å²) in [6.45, 7) is 2.12. The van der Waals surface area contributed by atoms with Crippen molar-refractivity contribution in [1.29, 1.82) is 0 Å². The molecule has 150 valence electrons. The molecule has 0 radical (unpaired) electrons. The van der Waals surface area contributed by atoms with Gasteiger partial charge in [-0.2, -0.15) is 5.10 Å². The van der Waals surface area contributed by atoms with Gasteiger partial charge in [0.1, 0.15) is 23.8 Å². The number of carbonyl (C=O) groups excluding carboxylic acids is 1. The number of benzene rings is 1. The summed E-state index contributed by atoms with van der Waals surface area (Å²) in [6.07, 6.45) is 9.01. The second kappa shape index (κ2) is 6.47. The molecule has 1 atom stereocenters. The number of esters is 1. The number of hydrogen-bond donors (Lipinski definition) is 0. The molecule has 2 heterocycles. The van der Waals surface area contributed by atoms with E-state index in [2.05, 4.69) is 5.10 Å². The van der Waals surface area contributed by atoms with Gasteiger partial charge in [0.05, 0.1) is 24.2 Å². The molecule has 29 heavy (non-hydrogen) atoms. The van der Waals surface area contributed by atoms with Crippen molar-refractivity contribution in [3.8, 4) is 5.69 Å². The van der Waals surface area contributed by atoms with Gasteiger partial charge in [0, 0.05) is 12.8 Å². The molecule has 3 aliphatic rings. The Kier molecular flexibility index (Phi) is 4.01. The topological polar surface area (TPSA) is 62.6 Å². The van der Waals surface area contributed by atoms with Gasteiger partial charge in [0.2, 0.25) is 0 Å². The van der Waals surface area contributed by atoms with Gasteiger partial charge < -0.3 is 14.2 Å². The summed E-state index contributed by atoms with van der Waals surface area (Å²) < 4.78 is 32.1. The van der Waals surface area contributed by atoms with E-state index in [9.17, 15) is 9.18 Å². The zero-order valence-corrected chi connectivity index (χ0v) is 16.1. The van der Waals surface area contributed by atoms with Crippen LogP contribution in [0, 0.1) is 11.2 Å². The highest BCUT2D eigenvalue weighted by Crippen LogP contribution is 2.54. The standard InChI is InChI=1S/C22H21FN2O4/c1-2-27-20(26)21-12-15-13-24-25(18-5-3-17(23)4-6-18)19(15)11-16(21)7-8-22(14-21)28-9-10-29-22/h3-6,9-11,13H,2,7-8,12,14H2,1H3/t21-/m0/s1. The molecule has 0 unspecified atom stereocenters. The highest BCUT2D eigenvalue weighted by Gasteiger charge is 2.57. The van der Waals surface area contributed by atoms with E-state index in [0.717, 1.165) is 22.5 Å². The van der Waals surface area contributed by atoms with Gasteiger partial charge in [-0.05, 0) is 61.2 Å². The minimum Gasteiger partial charge on any atom is -0.465 e. The molecule has 6 nitrogen and oxygen atoms in total. The SMILES string of the molecule is CCOC(=O)[C@]12Cc3cnn(-c4ccc(F)cc4)c3C=C1CCC1(C2)OC=CO1. The van der Waals surface area contributed by atoms with Crippen molar-refractivity contribution in [3.63, 3.8) is 0 Å². The summed E-state index contributed by atoms with van der Waals surface area (Å²) in [5.41, 5.74) is 2.77. The lowest BCUT2D eigenvalue weighted by atomic mass is 9.62. The summed E-state index contributed by atoms with van der Waals surface area (Å²) in [4.78, 5) is 13.2. The van der Waals surface area contributed by atoms with Crippen molar-refractivity contribution in [3.05, 3.63) is 65.6 Å². The number of nitrogens with zero attached hydrogens (tertiary/aromatic N) is 2. The monoisotopic (exact) mass is 396 g/mol. The average molecular weight is 396 g/mol. The maximum Gasteiger partial charge on any atom is 0.316 e. The van der Waals surface area contributed by atoms with Crippen LogP contribution in [0.4, 0.5) is 4.39 Å². The van der Waals surface area contributed by atoms with Gasteiger partial charge in [0.25, 0.3) is 5.79 Å². The third kappa shape index (κ3) is 2.75. The molecule has 2 aromatic rings. The first-order valence-electron chi connectivity index (χ1n) is 9.77. The molecular weight excluding hydrogens is 375 g/mol. The molecule has 0 N–H and O–H groups in total. The Morgan fingerprint density at radius 2 is 2.03 bits per heavy atom. The zero-order valence-electron chi connectivity index (χ0n) is 16.1. The minimum atomic E-state index is -0.843. The minimum absolute atomic E-state index is 0.260. The van der Waals surface area contributed by atoms with Crippen molar-refractivity contribution in [2.45, 2.75) is 38.4 Å². The summed E-state index contributed by atoms with van der Waals surface area (Å²) in [5, 5.41) is 4.50. The lowest BCUT2D eigenvalue weighted by Gasteiger charge is -2.46.